The van der Waals surface area contributed by atoms with Gasteiger partial charge in [0.1, 0.15) is 18.7 Å². The molecule has 9 nitrogen and oxygen atoms in total. The second-order valence-corrected chi connectivity index (χ2v) is 5.74. The van der Waals surface area contributed by atoms with Crippen LogP contribution in [0.15, 0.2) is 30.3 Å². The largest absolute Gasteiger partial charge is 0.480 e. The highest BCUT2D eigenvalue weighted by Crippen LogP contribution is 2.05. The lowest BCUT2D eigenvalue weighted by Crippen LogP contribution is -2.53. The number of carboxylic acid groups (broad SMARTS) is 1. The zero-order valence-corrected chi connectivity index (χ0v) is 14.8. The van der Waals surface area contributed by atoms with E-state index in [1.807, 2.05) is 12.1 Å². The van der Waals surface area contributed by atoms with E-state index in [9.17, 15) is 24.6 Å². The molecule has 0 aromatic heterocycles. The minimum absolute atomic E-state index is 0.0108. The molecule has 0 heterocycles. The number of carbonyl (C=O) groups is 3. The topological polar surface area (TPSA) is 149 Å². The van der Waals surface area contributed by atoms with E-state index in [4.69, 9.17) is 10.00 Å². The number of amides is 2. The molecular weight excluding hydrogens is 354 g/mol. The third kappa shape index (κ3) is 8.69. The summed E-state index contributed by atoms with van der Waals surface area (Å²) in [5.74, 6) is -2.06. The molecule has 0 fully saturated rings. The third-order valence-corrected chi connectivity index (χ3v) is 3.65. The van der Waals surface area contributed by atoms with Gasteiger partial charge < -0.3 is 25.6 Å². The van der Waals surface area contributed by atoms with Crippen molar-refractivity contribution >= 4 is 18.0 Å². The number of aliphatic carboxylic acids is 1. The van der Waals surface area contributed by atoms with Crippen molar-refractivity contribution in [2.75, 3.05) is 6.61 Å². The number of carbonyl (C=O) groups excluding carboxylic acids is 2. The Morgan fingerprint density at radius 1 is 1.11 bits per heavy atom. The van der Waals surface area contributed by atoms with Crippen LogP contribution in [0.4, 0.5) is 4.79 Å². The number of hydrogen-bond acceptors (Lipinski definition) is 6. The third-order valence-electron chi connectivity index (χ3n) is 3.65. The highest BCUT2D eigenvalue weighted by atomic mass is 16.5. The van der Waals surface area contributed by atoms with Gasteiger partial charge in [-0.05, 0) is 24.8 Å². The van der Waals surface area contributed by atoms with Gasteiger partial charge in [0.25, 0.3) is 0 Å². The van der Waals surface area contributed by atoms with Crippen molar-refractivity contribution in [3.63, 3.8) is 0 Å². The second kappa shape index (κ2) is 12.3. The van der Waals surface area contributed by atoms with Crippen LogP contribution in [0.2, 0.25) is 0 Å². The first-order valence-electron chi connectivity index (χ1n) is 8.46. The van der Waals surface area contributed by atoms with Crippen LogP contribution in [-0.2, 0) is 20.9 Å². The number of ether oxygens (including phenoxy) is 1. The van der Waals surface area contributed by atoms with Gasteiger partial charge in [-0.3, -0.25) is 4.79 Å². The van der Waals surface area contributed by atoms with Gasteiger partial charge in [0.15, 0.2) is 0 Å². The van der Waals surface area contributed by atoms with Crippen LogP contribution >= 0.6 is 0 Å². The normalized spacial score (nSPS) is 12.3. The highest BCUT2D eigenvalue weighted by molar-refractivity contribution is 5.89. The van der Waals surface area contributed by atoms with Crippen molar-refractivity contribution in [1.29, 1.82) is 5.26 Å². The molecule has 2 amide bonds. The van der Waals surface area contributed by atoms with Crippen molar-refractivity contribution in [3.8, 4) is 6.07 Å². The minimum atomic E-state index is -1.34. The smallest absolute Gasteiger partial charge is 0.408 e. The molecule has 1 aromatic carbocycles. The van der Waals surface area contributed by atoms with Gasteiger partial charge in [0, 0.05) is 6.42 Å². The standard InChI is InChI=1S/C18H23N3O6/c19-10-6-2-5-9-14(17(24)25)20-16(23)15(11-22)21-18(26)27-12-13-7-3-1-4-8-13/h1,3-4,7-8,14-15,22H,2,5-6,9,11-12H2,(H,20,23)(H,21,26)(H,24,25)/t14-,15-/m0/s1. The Morgan fingerprint density at radius 3 is 2.41 bits per heavy atom. The zero-order chi connectivity index (χ0) is 20.1. The fourth-order valence-corrected chi connectivity index (χ4v) is 2.18. The van der Waals surface area contributed by atoms with Gasteiger partial charge in [0.2, 0.25) is 5.91 Å². The SMILES string of the molecule is N#CCCCC[C@H](NC(=O)[C@H](CO)NC(=O)OCc1ccccc1)C(=O)O. The number of carboxylic acids is 1. The minimum Gasteiger partial charge on any atom is -0.480 e. The molecule has 0 saturated carbocycles. The highest BCUT2D eigenvalue weighted by Gasteiger charge is 2.26. The maximum absolute atomic E-state index is 12.1. The summed E-state index contributed by atoms with van der Waals surface area (Å²) in [7, 11) is 0. The Balaban J connectivity index is 2.49. The lowest BCUT2D eigenvalue weighted by molar-refractivity contribution is -0.142. The number of aliphatic hydroxyl groups excluding tert-OH is 1. The van der Waals surface area contributed by atoms with E-state index < -0.39 is 36.7 Å². The summed E-state index contributed by atoms with van der Waals surface area (Å²) in [6.07, 6.45) is 0.493. The number of benzene rings is 1. The number of nitriles is 1. The predicted molar refractivity (Wildman–Crippen MR) is 94.3 cm³/mol. The molecule has 4 N–H and O–H groups in total. The molecule has 1 rings (SSSR count). The Morgan fingerprint density at radius 2 is 1.81 bits per heavy atom. The molecule has 2 atom stereocenters. The number of unbranched alkanes of at least 4 members (excludes halogenated alkanes) is 2. The molecule has 27 heavy (non-hydrogen) atoms. The Labute approximate surface area is 156 Å². The predicted octanol–water partition coefficient (Wildman–Crippen LogP) is 0.927. The fourth-order valence-electron chi connectivity index (χ4n) is 2.18. The summed E-state index contributed by atoms with van der Waals surface area (Å²) in [4.78, 5) is 35.1. The molecule has 0 unspecified atom stereocenters. The van der Waals surface area contributed by atoms with Crippen LogP contribution in [0.3, 0.4) is 0 Å². The number of nitrogens with zero attached hydrogens (tertiary/aromatic N) is 1. The maximum Gasteiger partial charge on any atom is 0.408 e. The average molecular weight is 377 g/mol. The van der Waals surface area contributed by atoms with E-state index >= 15 is 0 Å². The van der Waals surface area contributed by atoms with E-state index in [2.05, 4.69) is 10.6 Å². The van der Waals surface area contributed by atoms with Crippen LogP contribution in [0.25, 0.3) is 0 Å². The van der Waals surface area contributed by atoms with Crippen LogP contribution < -0.4 is 10.6 Å². The van der Waals surface area contributed by atoms with Gasteiger partial charge in [-0.2, -0.15) is 5.26 Å². The number of alkyl carbamates (subject to hydrolysis) is 1. The number of hydrogen-bond donors (Lipinski definition) is 4. The van der Waals surface area contributed by atoms with Crippen LogP contribution in [-0.4, -0.2) is 46.9 Å². The molecule has 0 aliphatic heterocycles. The molecule has 0 bridgehead atoms. The van der Waals surface area contributed by atoms with E-state index in [0.29, 0.717) is 19.3 Å². The first-order chi connectivity index (χ1) is 13.0. The van der Waals surface area contributed by atoms with Crippen LogP contribution in [0.5, 0.6) is 0 Å². The van der Waals surface area contributed by atoms with Gasteiger partial charge in [0.05, 0.1) is 12.7 Å². The molecule has 0 aliphatic carbocycles. The summed E-state index contributed by atoms with van der Waals surface area (Å²) < 4.78 is 4.97. The van der Waals surface area contributed by atoms with E-state index in [0.717, 1.165) is 5.56 Å². The van der Waals surface area contributed by atoms with Crippen molar-refractivity contribution in [2.45, 2.75) is 44.4 Å². The number of nitrogens with one attached hydrogen (secondary N) is 2. The van der Waals surface area contributed by atoms with Gasteiger partial charge in [-0.15, -0.1) is 0 Å². The Bertz CT molecular complexity index is 659. The first kappa shape index (κ1) is 21.9. The van der Waals surface area contributed by atoms with Crippen molar-refractivity contribution in [3.05, 3.63) is 35.9 Å². The average Bonchev–Trinajstić information content (AvgIpc) is 2.67. The summed E-state index contributed by atoms with van der Waals surface area (Å²) >= 11 is 0. The Kier molecular flexibility index (Phi) is 9.96. The van der Waals surface area contributed by atoms with Gasteiger partial charge >= 0.3 is 12.1 Å². The summed E-state index contributed by atoms with van der Waals surface area (Å²) in [5.41, 5.74) is 0.751. The fraction of sp³-hybridized carbons (Fsp3) is 0.444. The quantitative estimate of drug-likeness (QED) is 0.419. The summed E-state index contributed by atoms with van der Waals surface area (Å²) in [5, 5.41) is 31.4. The Hall–Kier alpha value is -3.12. The van der Waals surface area contributed by atoms with Gasteiger partial charge in [-0.25, -0.2) is 9.59 Å². The summed E-state index contributed by atoms with van der Waals surface area (Å²) in [6, 6.07) is 8.33. The molecule has 146 valence electrons. The van der Waals surface area contributed by atoms with E-state index in [1.54, 1.807) is 24.3 Å². The molecule has 0 aliphatic rings. The van der Waals surface area contributed by atoms with Crippen LogP contribution in [0.1, 0.15) is 31.2 Å². The molecule has 0 saturated heterocycles. The first-order valence-corrected chi connectivity index (χ1v) is 8.46. The van der Waals surface area contributed by atoms with E-state index in [-0.39, 0.29) is 13.0 Å². The lowest BCUT2D eigenvalue weighted by atomic mass is 10.1. The lowest BCUT2D eigenvalue weighted by Gasteiger charge is -2.19. The monoisotopic (exact) mass is 377 g/mol. The summed E-state index contributed by atoms with van der Waals surface area (Å²) in [6.45, 7) is -0.726. The zero-order valence-electron chi connectivity index (χ0n) is 14.8. The molecule has 0 radical (unpaired) electrons. The van der Waals surface area contributed by atoms with Gasteiger partial charge in [-0.1, -0.05) is 30.3 Å². The molecule has 0 spiro atoms. The van der Waals surface area contributed by atoms with Crippen molar-refractivity contribution in [1.82, 2.24) is 10.6 Å². The van der Waals surface area contributed by atoms with Crippen LogP contribution in [0, 0.1) is 11.3 Å². The number of aliphatic hydroxyl groups is 1. The molecule has 1 aromatic rings. The van der Waals surface area contributed by atoms with Crippen molar-refractivity contribution < 1.29 is 29.3 Å². The molecular formula is C18H23N3O6. The maximum atomic E-state index is 12.1. The molecule has 9 heteroatoms. The second-order valence-electron chi connectivity index (χ2n) is 5.74. The number of rotatable bonds is 11. The van der Waals surface area contributed by atoms with Crippen molar-refractivity contribution in [2.24, 2.45) is 0 Å². The van der Waals surface area contributed by atoms with E-state index in [1.165, 1.54) is 0 Å².